The average Bonchev–Trinajstić information content (AvgIpc) is 2.77. The molecule has 0 saturated heterocycles. The van der Waals surface area contributed by atoms with Gasteiger partial charge in [-0.05, 0) is 87.8 Å². The molecule has 196 valence electrons. The fourth-order valence-electron chi connectivity index (χ4n) is 5.62. The van der Waals surface area contributed by atoms with Crippen LogP contribution in [0.5, 0.6) is 11.5 Å². The van der Waals surface area contributed by atoms with Crippen molar-refractivity contribution in [1.82, 2.24) is 0 Å². The molecule has 0 N–H and O–H groups in total. The Morgan fingerprint density at radius 1 is 0.853 bits per heavy atom. The SMILES string of the molecule is Cc1c(C)c2c(c(C)c1OCCI)CC[C@@](C)(CCC[C@H](C)CCC[C@H](C)CCCC(C)C)O2. The van der Waals surface area contributed by atoms with Crippen LogP contribution in [0, 0.1) is 38.5 Å². The summed E-state index contributed by atoms with van der Waals surface area (Å²) in [5, 5.41) is 0. The summed E-state index contributed by atoms with van der Waals surface area (Å²) in [5.74, 6) is 4.80. The van der Waals surface area contributed by atoms with Crippen LogP contribution in [0.15, 0.2) is 0 Å². The fraction of sp³-hybridized carbons (Fsp3) is 0.806. The highest BCUT2D eigenvalue weighted by Gasteiger charge is 2.34. The summed E-state index contributed by atoms with van der Waals surface area (Å²) >= 11 is 2.38. The van der Waals surface area contributed by atoms with E-state index in [-0.39, 0.29) is 5.60 Å². The molecule has 1 aromatic carbocycles. The lowest BCUT2D eigenvalue weighted by atomic mass is 9.83. The lowest BCUT2D eigenvalue weighted by Gasteiger charge is -2.38. The normalized spacial score (nSPS) is 19.6. The third-order valence-electron chi connectivity index (χ3n) is 8.16. The number of hydrogen-bond acceptors (Lipinski definition) is 2. The van der Waals surface area contributed by atoms with E-state index >= 15 is 0 Å². The molecular weight excluding hydrogens is 531 g/mol. The van der Waals surface area contributed by atoms with Crippen molar-refractivity contribution < 1.29 is 9.47 Å². The number of ether oxygens (including phenoxy) is 2. The molecular formula is C31H53IO2. The van der Waals surface area contributed by atoms with Crippen molar-refractivity contribution in [2.24, 2.45) is 17.8 Å². The van der Waals surface area contributed by atoms with Gasteiger partial charge in [-0.25, -0.2) is 0 Å². The van der Waals surface area contributed by atoms with Gasteiger partial charge in [0.05, 0.1) is 6.61 Å². The number of hydrogen-bond donors (Lipinski definition) is 0. The molecule has 34 heavy (non-hydrogen) atoms. The van der Waals surface area contributed by atoms with Gasteiger partial charge < -0.3 is 9.47 Å². The van der Waals surface area contributed by atoms with E-state index in [9.17, 15) is 0 Å². The summed E-state index contributed by atoms with van der Waals surface area (Å²) in [4.78, 5) is 0. The van der Waals surface area contributed by atoms with Crippen molar-refractivity contribution in [1.29, 1.82) is 0 Å². The van der Waals surface area contributed by atoms with Crippen LogP contribution in [0.2, 0.25) is 0 Å². The molecule has 0 aliphatic carbocycles. The predicted octanol–water partition coefficient (Wildman–Crippen LogP) is 9.95. The van der Waals surface area contributed by atoms with Crippen LogP contribution < -0.4 is 9.47 Å². The van der Waals surface area contributed by atoms with Gasteiger partial charge in [0.1, 0.15) is 17.1 Å². The summed E-state index contributed by atoms with van der Waals surface area (Å²) in [6.45, 7) is 19.3. The number of rotatable bonds is 15. The van der Waals surface area contributed by atoms with Crippen molar-refractivity contribution in [2.45, 2.75) is 132 Å². The van der Waals surface area contributed by atoms with Gasteiger partial charge in [-0.1, -0.05) is 95.2 Å². The Bertz CT molecular complexity index is 757. The van der Waals surface area contributed by atoms with Crippen LogP contribution in [0.4, 0.5) is 0 Å². The molecule has 2 nitrogen and oxygen atoms in total. The van der Waals surface area contributed by atoms with E-state index in [4.69, 9.17) is 9.47 Å². The van der Waals surface area contributed by atoms with Crippen molar-refractivity contribution in [3.05, 3.63) is 22.3 Å². The van der Waals surface area contributed by atoms with Crippen molar-refractivity contribution in [3.63, 3.8) is 0 Å². The molecule has 3 atom stereocenters. The van der Waals surface area contributed by atoms with Crippen LogP contribution >= 0.6 is 22.6 Å². The van der Waals surface area contributed by atoms with Crippen molar-refractivity contribution in [2.75, 3.05) is 11.0 Å². The minimum atomic E-state index is -0.0358. The Labute approximate surface area is 225 Å². The van der Waals surface area contributed by atoms with Gasteiger partial charge in [-0.3, -0.25) is 0 Å². The van der Waals surface area contributed by atoms with Gasteiger partial charge in [0, 0.05) is 9.99 Å². The molecule has 0 fully saturated rings. The summed E-state index contributed by atoms with van der Waals surface area (Å²) in [6.07, 6.45) is 14.3. The lowest BCUT2D eigenvalue weighted by Crippen LogP contribution is -2.37. The zero-order valence-electron chi connectivity index (χ0n) is 23.6. The lowest BCUT2D eigenvalue weighted by molar-refractivity contribution is 0.0511. The molecule has 2 rings (SSSR count). The summed E-state index contributed by atoms with van der Waals surface area (Å²) < 4.78 is 13.9. The molecule has 0 saturated carbocycles. The second kappa shape index (κ2) is 14.3. The summed E-state index contributed by atoms with van der Waals surface area (Å²) in [7, 11) is 0. The molecule has 0 bridgehead atoms. The molecule has 1 aromatic rings. The van der Waals surface area contributed by atoms with E-state index in [1.165, 1.54) is 73.6 Å². The quantitative estimate of drug-likeness (QED) is 0.151. The maximum Gasteiger partial charge on any atom is 0.127 e. The standard InChI is InChI=1S/C31H53IO2/c1-22(2)12-9-13-23(3)14-10-15-24(4)16-11-18-31(8)19-17-28-27(7)29(33-21-20-32)25(5)26(6)30(28)34-31/h22-24H,9-21H2,1-8H3/t23-,24-,31-/m1/s1. The molecule has 1 aliphatic rings. The third-order valence-corrected chi connectivity index (χ3v) is 8.60. The first-order chi connectivity index (χ1) is 16.1. The van der Waals surface area contributed by atoms with Crippen LogP contribution in [-0.2, 0) is 6.42 Å². The zero-order chi connectivity index (χ0) is 25.3. The maximum absolute atomic E-state index is 6.76. The number of halogens is 1. The number of benzene rings is 1. The Hall–Kier alpha value is -0.450. The second-order valence-electron chi connectivity index (χ2n) is 12.0. The highest BCUT2D eigenvalue weighted by molar-refractivity contribution is 14.1. The van der Waals surface area contributed by atoms with E-state index in [0.717, 1.165) is 59.5 Å². The van der Waals surface area contributed by atoms with Gasteiger partial charge in [0.2, 0.25) is 0 Å². The van der Waals surface area contributed by atoms with E-state index in [1.54, 1.807) is 0 Å². The van der Waals surface area contributed by atoms with Crippen LogP contribution in [0.3, 0.4) is 0 Å². The molecule has 0 spiro atoms. The fourth-order valence-corrected chi connectivity index (χ4v) is 5.84. The van der Waals surface area contributed by atoms with Gasteiger partial charge in [0.15, 0.2) is 0 Å². The van der Waals surface area contributed by atoms with Crippen LogP contribution in [-0.4, -0.2) is 16.6 Å². The van der Waals surface area contributed by atoms with Crippen LogP contribution in [0.1, 0.15) is 121 Å². The number of alkyl halides is 1. The molecule has 1 aliphatic heterocycles. The highest BCUT2D eigenvalue weighted by atomic mass is 127. The van der Waals surface area contributed by atoms with E-state index in [0.29, 0.717) is 0 Å². The molecule has 0 radical (unpaired) electrons. The zero-order valence-corrected chi connectivity index (χ0v) is 25.8. The first kappa shape index (κ1) is 29.8. The van der Waals surface area contributed by atoms with E-state index < -0.39 is 0 Å². The monoisotopic (exact) mass is 584 g/mol. The van der Waals surface area contributed by atoms with Gasteiger partial charge in [-0.15, -0.1) is 0 Å². The number of fused-ring (bicyclic) bond motifs is 1. The van der Waals surface area contributed by atoms with Gasteiger partial charge in [0.25, 0.3) is 0 Å². The molecule has 0 aromatic heterocycles. The molecule has 0 amide bonds. The van der Waals surface area contributed by atoms with Crippen LogP contribution in [0.25, 0.3) is 0 Å². The highest BCUT2D eigenvalue weighted by Crippen LogP contribution is 2.45. The van der Waals surface area contributed by atoms with Gasteiger partial charge in [-0.2, -0.15) is 0 Å². The summed E-state index contributed by atoms with van der Waals surface area (Å²) in [5.41, 5.74) is 5.14. The Morgan fingerprint density at radius 3 is 2.03 bits per heavy atom. The van der Waals surface area contributed by atoms with E-state index in [1.807, 2.05) is 0 Å². The first-order valence-electron chi connectivity index (χ1n) is 14.1. The average molecular weight is 585 g/mol. The van der Waals surface area contributed by atoms with Gasteiger partial charge >= 0.3 is 0 Å². The maximum atomic E-state index is 6.76. The topological polar surface area (TPSA) is 18.5 Å². The summed E-state index contributed by atoms with van der Waals surface area (Å²) in [6, 6.07) is 0. The second-order valence-corrected chi connectivity index (χ2v) is 13.0. The largest absolute Gasteiger partial charge is 0.492 e. The molecule has 1 heterocycles. The molecule has 0 unspecified atom stereocenters. The minimum Gasteiger partial charge on any atom is -0.492 e. The predicted molar refractivity (Wildman–Crippen MR) is 157 cm³/mol. The van der Waals surface area contributed by atoms with Crippen molar-refractivity contribution >= 4 is 22.6 Å². The smallest absolute Gasteiger partial charge is 0.127 e. The molecule has 3 heteroatoms. The Morgan fingerprint density at radius 2 is 1.44 bits per heavy atom. The van der Waals surface area contributed by atoms with Crippen molar-refractivity contribution in [3.8, 4) is 11.5 Å². The minimum absolute atomic E-state index is 0.0358. The first-order valence-corrected chi connectivity index (χ1v) is 15.6. The Kier molecular flexibility index (Phi) is 12.6. The third kappa shape index (κ3) is 8.89. The van der Waals surface area contributed by atoms with E-state index in [2.05, 4.69) is 78.0 Å². The Balaban J connectivity index is 1.80.